The monoisotopic (exact) mass is 280 g/mol. The highest BCUT2D eigenvalue weighted by Gasteiger charge is 2.16. The number of halogens is 1. The first-order valence-corrected chi connectivity index (χ1v) is 6.61. The molecule has 1 aromatic rings. The van der Waals surface area contributed by atoms with Gasteiger partial charge in [0.05, 0.1) is 5.02 Å². The zero-order valence-corrected chi connectivity index (χ0v) is 11.8. The van der Waals surface area contributed by atoms with E-state index in [1.165, 1.54) is 0 Å². The van der Waals surface area contributed by atoms with Gasteiger partial charge >= 0.3 is 0 Å². The van der Waals surface area contributed by atoms with Crippen LogP contribution in [0.1, 0.15) is 32.3 Å². The van der Waals surface area contributed by atoms with Gasteiger partial charge in [0.2, 0.25) is 0 Å². The maximum Gasteiger partial charge on any atom is 0.260 e. The highest BCUT2D eigenvalue weighted by molar-refractivity contribution is 6.31. The molecular weight excluding hydrogens is 264 g/mol. The summed E-state index contributed by atoms with van der Waals surface area (Å²) < 4.78 is 5.49. The quantitative estimate of drug-likeness (QED) is 0.815. The molecule has 0 radical (unpaired) electrons. The topological polar surface area (TPSA) is 62.1 Å². The third-order valence-electron chi connectivity index (χ3n) is 2.59. The summed E-state index contributed by atoms with van der Waals surface area (Å²) in [5.74, 6) is 0.130. The number of carbonyl (C=O) groups excluding carboxylic acids is 1. The number of amides is 1. The Bertz CT molecular complexity index is 483. The van der Waals surface area contributed by atoms with E-state index in [4.69, 9.17) is 21.6 Å². The summed E-state index contributed by atoms with van der Waals surface area (Å²) in [5, 5.41) is 12.1. The summed E-state index contributed by atoms with van der Waals surface area (Å²) in [6.45, 7) is 4.32. The summed E-state index contributed by atoms with van der Waals surface area (Å²) in [4.78, 5) is 11.8. The Morgan fingerprint density at radius 1 is 1.58 bits per heavy atom. The molecule has 0 saturated carbocycles. The Balaban J connectivity index is 2.67. The first kappa shape index (κ1) is 15.3. The molecule has 0 spiro atoms. The van der Waals surface area contributed by atoms with E-state index in [1.807, 2.05) is 6.07 Å². The molecule has 19 heavy (non-hydrogen) atoms. The van der Waals surface area contributed by atoms with Gasteiger partial charge in [0, 0.05) is 6.54 Å². The van der Waals surface area contributed by atoms with Crippen molar-refractivity contribution in [3.05, 3.63) is 28.8 Å². The highest BCUT2D eigenvalue weighted by atomic mass is 35.5. The number of benzene rings is 1. The lowest BCUT2D eigenvalue weighted by molar-refractivity contribution is -0.127. The fraction of sp³-hybridized carbons (Fsp3) is 0.429. The van der Waals surface area contributed by atoms with Crippen LogP contribution in [0.4, 0.5) is 0 Å². The molecule has 0 bridgehead atoms. The van der Waals surface area contributed by atoms with E-state index in [-0.39, 0.29) is 11.5 Å². The summed E-state index contributed by atoms with van der Waals surface area (Å²) in [5.41, 5.74) is 0.248. The number of carbonyl (C=O) groups is 1. The lowest BCUT2D eigenvalue weighted by atomic mass is 10.2. The van der Waals surface area contributed by atoms with Crippen molar-refractivity contribution in [3.63, 3.8) is 0 Å². The molecule has 102 valence electrons. The molecule has 1 rings (SSSR count). The van der Waals surface area contributed by atoms with Crippen molar-refractivity contribution in [2.75, 3.05) is 6.54 Å². The third-order valence-corrected chi connectivity index (χ3v) is 2.90. The van der Waals surface area contributed by atoms with Crippen LogP contribution >= 0.6 is 11.6 Å². The number of hydrogen-bond donors (Lipinski definition) is 1. The van der Waals surface area contributed by atoms with Crippen LogP contribution in [0.2, 0.25) is 5.02 Å². The first-order chi connectivity index (χ1) is 9.10. The zero-order valence-electron chi connectivity index (χ0n) is 11.1. The molecule has 0 fully saturated rings. The van der Waals surface area contributed by atoms with Gasteiger partial charge in [0.25, 0.3) is 5.91 Å². The molecule has 1 unspecified atom stereocenters. The van der Waals surface area contributed by atoms with Crippen LogP contribution in [0.15, 0.2) is 18.2 Å². The van der Waals surface area contributed by atoms with E-state index in [9.17, 15) is 4.79 Å². The van der Waals surface area contributed by atoms with Gasteiger partial charge in [-0.05, 0) is 25.5 Å². The predicted octanol–water partition coefficient (Wildman–Crippen LogP) is 2.90. The van der Waals surface area contributed by atoms with Crippen LogP contribution < -0.4 is 10.1 Å². The molecule has 1 aromatic carbocycles. The Kier molecular flexibility index (Phi) is 6.17. The average Bonchev–Trinajstić information content (AvgIpc) is 2.39. The summed E-state index contributed by atoms with van der Waals surface area (Å²) >= 11 is 5.89. The van der Waals surface area contributed by atoms with E-state index in [0.717, 1.165) is 12.8 Å². The first-order valence-electron chi connectivity index (χ1n) is 6.23. The Morgan fingerprint density at radius 3 is 2.95 bits per heavy atom. The lowest BCUT2D eigenvalue weighted by Crippen LogP contribution is -2.36. The second kappa shape index (κ2) is 7.65. The maximum absolute atomic E-state index is 11.8. The fourth-order valence-electron chi connectivity index (χ4n) is 1.49. The summed E-state index contributed by atoms with van der Waals surface area (Å²) in [7, 11) is 0. The van der Waals surface area contributed by atoms with Crippen LogP contribution in [0, 0.1) is 11.3 Å². The van der Waals surface area contributed by atoms with Crippen LogP contribution in [-0.4, -0.2) is 18.6 Å². The van der Waals surface area contributed by atoms with Gasteiger partial charge < -0.3 is 10.1 Å². The molecule has 0 heterocycles. The van der Waals surface area contributed by atoms with Crippen molar-refractivity contribution in [3.8, 4) is 11.8 Å². The van der Waals surface area contributed by atoms with E-state index in [2.05, 4.69) is 12.2 Å². The van der Waals surface area contributed by atoms with E-state index < -0.39 is 6.10 Å². The maximum atomic E-state index is 11.8. The highest BCUT2D eigenvalue weighted by Crippen LogP contribution is 2.26. The summed E-state index contributed by atoms with van der Waals surface area (Å²) in [6, 6.07) is 6.89. The van der Waals surface area contributed by atoms with Crippen LogP contribution in [0.25, 0.3) is 0 Å². The standard InChI is InChI=1S/C14H17ClN2O2/c1-3-4-8-17-14(18)10(2)19-13-7-5-6-12(15)11(13)9-16/h5-7,10H,3-4,8H2,1-2H3,(H,17,18). The van der Waals surface area contributed by atoms with Gasteiger partial charge in [-0.3, -0.25) is 4.79 Å². The number of rotatable bonds is 6. The second-order valence-electron chi connectivity index (χ2n) is 4.13. The fourth-order valence-corrected chi connectivity index (χ4v) is 1.70. The Hall–Kier alpha value is -1.73. The normalized spacial score (nSPS) is 11.5. The molecule has 4 nitrogen and oxygen atoms in total. The Morgan fingerprint density at radius 2 is 2.32 bits per heavy atom. The van der Waals surface area contributed by atoms with E-state index >= 15 is 0 Å². The molecule has 0 saturated heterocycles. The van der Waals surface area contributed by atoms with Crippen molar-refractivity contribution in [2.45, 2.75) is 32.8 Å². The van der Waals surface area contributed by atoms with Crippen molar-refractivity contribution in [1.29, 1.82) is 5.26 Å². The number of nitriles is 1. The van der Waals surface area contributed by atoms with E-state index in [1.54, 1.807) is 25.1 Å². The smallest absolute Gasteiger partial charge is 0.260 e. The minimum atomic E-state index is -0.664. The third kappa shape index (κ3) is 4.46. The molecule has 1 N–H and O–H groups in total. The average molecular weight is 281 g/mol. The molecule has 1 amide bonds. The Labute approximate surface area is 118 Å². The largest absolute Gasteiger partial charge is 0.479 e. The van der Waals surface area contributed by atoms with Gasteiger partial charge in [-0.2, -0.15) is 5.26 Å². The number of unbranched alkanes of at least 4 members (excludes halogenated alkanes) is 1. The SMILES string of the molecule is CCCCNC(=O)C(C)Oc1cccc(Cl)c1C#N. The van der Waals surface area contributed by atoms with Gasteiger partial charge in [-0.1, -0.05) is 31.0 Å². The van der Waals surface area contributed by atoms with Gasteiger partial charge in [-0.15, -0.1) is 0 Å². The number of nitrogens with zero attached hydrogens (tertiary/aromatic N) is 1. The molecular formula is C14H17ClN2O2. The van der Waals surface area contributed by atoms with Gasteiger partial charge in [-0.25, -0.2) is 0 Å². The molecule has 0 aliphatic rings. The number of ether oxygens (including phenoxy) is 1. The zero-order chi connectivity index (χ0) is 14.3. The van der Waals surface area contributed by atoms with Crippen molar-refractivity contribution >= 4 is 17.5 Å². The molecule has 0 aliphatic carbocycles. The van der Waals surface area contributed by atoms with Gasteiger partial charge in [0.1, 0.15) is 17.4 Å². The molecule has 0 aliphatic heterocycles. The van der Waals surface area contributed by atoms with Crippen molar-refractivity contribution in [1.82, 2.24) is 5.32 Å². The second-order valence-corrected chi connectivity index (χ2v) is 4.54. The van der Waals surface area contributed by atoms with Crippen molar-refractivity contribution < 1.29 is 9.53 Å². The van der Waals surface area contributed by atoms with Crippen LogP contribution in [0.5, 0.6) is 5.75 Å². The minimum Gasteiger partial charge on any atom is -0.479 e. The lowest BCUT2D eigenvalue weighted by Gasteiger charge is -2.15. The number of hydrogen-bond acceptors (Lipinski definition) is 3. The van der Waals surface area contributed by atoms with Crippen molar-refractivity contribution in [2.24, 2.45) is 0 Å². The van der Waals surface area contributed by atoms with Gasteiger partial charge in [0.15, 0.2) is 6.10 Å². The summed E-state index contributed by atoms with van der Waals surface area (Å²) in [6.07, 6.45) is 1.28. The van der Waals surface area contributed by atoms with Crippen LogP contribution in [-0.2, 0) is 4.79 Å². The molecule has 1 atom stereocenters. The van der Waals surface area contributed by atoms with E-state index in [0.29, 0.717) is 17.3 Å². The minimum absolute atomic E-state index is 0.197. The van der Waals surface area contributed by atoms with Crippen LogP contribution in [0.3, 0.4) is 0 Å². The molecule has 5 heteroatoms. The number of nitrogens with one attached hydrogen (secondary N) is 1. The molecule has 0 aromatic heterocycles. The predicted molar refractivity (Wildman–Crippen MR) is 74.2 cm³/mol.